The molecule has 2 aliphatic heterocycles. The maximum Gasteiger partial charge on any atom is 0.296 e. The smallest absolute Gasteiger partial charge is 0.296 e. The van der Waals surface area contributed by atoms with Gasteiger partial charge in [-0.15, -0.1) is 0 Å². The van der Waals surface area contributed by atoms with E-state index in [-0.39, 0.29) is 23.7 Å². The van der Waals surface area contributed by atoms with E-state index in [1.807, 2.05) is 28.8 Å². The van der Waals surface area contributed by atoms with Crippen molar-refractivity contribution in [2.24, 2.45) is 0 Å². The van der Waals surface area contributed by atoms with E-state index in [9.17, 15) is 4.79 Å². The number of aromatic amines is 1. The summed E-state index contributed by atoms with van der Waals surface area (Å²) in [6.07, 6.45) is 4.21. The van der Waals surface area contributed by atoms with Crippen LogP contribution in [0.2, 0.25) is 5.02 Å². The molecule has 6 rings (SSSR count). The Morgan fingerprint density at radius 3 is 2.77 bits per heavy atom. The Morgan fingerprint density at radius 1 is 1.11 bits per heavy atom. The molecular weight excluding hydrogens is 472 g/mol. The summed E-state index contributed by atoms with van der Waals surface area (Å²) in [6.45, 7) is 2.28. The number of ether oxygens (including phenoxy) is 4. The third-order valence-corrected chi connectivity index (χ3v) is 6.48. The highest BCUT2D eigenvalue weighted by atomic mass is 35.5. The van der Waals surface area contributed by atoms with Crippen LogP contribution in [0, 0.1) is 0 Å². The Balaban J connectivity index is 1.13. The van der Waals surface area contributed by atoms with Gasteiger partial charge < -0.3 is 28.5 Å². The van der Waals surface area contributed by atoms with Crippen LogP contribution in [0.5, 0.6) is 11.8 Å². The molecule has 2 fully saturated rings. The van der Waals surface area contributed by atoms with Crippen LogP contribution >= 0.6 is 11.6 Å². The largest absolute Gasteiger partial charge is 0.492 e. The second kappa shape index (κ2) is 9.33. The molecule has 1 N–H and O–H groups in total. The van der Waals surface area contributed by atoms with Crippen LogP contribution in [0.1, 0.15) is 6.42 Å². The molecule has 2 saturated heterocycles. The van der Waals surface area contributed by atoms with Gasteiger partial charge in [0.05, 0.1) is 35.5 Å². The molecule has 35 heavy (non-hydrogen) atoms. The fraction of sp³-hybridized carbons (Fsp3) is 0.320. The van der Waals surface area contributed by atoms with E-state index in [1.54, 1.807) is 18.5 Å². The fourth-order valence-electron chi connectivity index (χ4n) is 4.40. The summed E-state index contributed by atoms with van der Waals surface area (Å²) in [5, 5.41) is 0.503. The van der Waals surface area contributed by atoms with Crippen LogP contribution < -0.4 is 14.9 Å². The molecule has 0 amide bonds. The van der Waals surface area contributed by atoms with Crippen LogP contribution in [0.4, 0.5) is 0 Å². The van der Waals surface area contributed by atoms with Crippen molar-refractivity contribution in [3.63, 3.8) is 0 Å². The fourth-order valence-corrected chi connectivity index (χ4v) is 4.66. The van der Waals surface area contributed by atoms with Crippen molar-refractivity contribution in [2.45, 2.75) is 31.3 Å². The molecule has 1 aromatic carbocycles. The van der Waals surface area contributed by atoms with Crippen LogP contribution in [0.3, 0.4) is 0 Å². The zero-order chi connectivity index (χ0) is 23.8. The Kier molecular flexibility index (Phi) is 5.89. The number of nitrogens with zero attached hydrogens (tertiary/aromatic N) is 3. The lowest BCUT2D eigenvalue weighted by molar-refractivity contribution is 0.0273. The maximum absolute atomic E-state index is 11.2. The molecule has 0 spiro atoms. The van der Waals surface area contributed by atoms with Crippen LogP contribution in [-0.2, 0) is 16.0 Å². The summed E-state index contributed by atoms with van der Waals surface area (Å²) in [6, 6.07) is 12.8. The number of H-pyrrole nitrogens is 1. The highest BCUT2D eigenvalue weighted by Gasteiger charge is 2.43. The Labute approximate surface area is 205 Å². The molecule has 1 unspecified atom stereocenters. The van der Waals surface area contributed by atoms with Crippen LogP contribution in [0.15, 0.2) is 59.7 Å². The molecule has 0 radical (unpaired) electrons. The van der Waals surface area contributed by atoms with Crippen LogP contribution in [-0.4, -0.2) is 57.7 Å². The number of fused-ring (bicyclic) bond motifs is 2. The van der Waals surface area contributed by atoms with Gasteiger partial charge in [-0.25, -0.2) is 4.98 Å². The first-order valence-corrected chi connectivity index (χ1v) is 11.9. The quantitative estimate of drug-likeness (QED) is 0.420. The molecule has 3 atom stereocenters. The molecule has 0 saturated carbocycles. The minimum atomic E-state index is -0.199. The number of imidazole rings is 1. The molecule has 180 valence electrons. The number of halogens is 1. The van der Waals surface area contributed by atoms with E-state index >= 15 is 0 Å². The molecule has 3 aromatic heterocycles. The van der Waals surface area contributed by atoms with Crippen molar-refractivity contribution in [1.29, 1.82) is 0 Å². The molecular formula is C25H23ClN4O5. The lowest BCUT2D eigenvalue weighted by atomic mass is 10.1. The topological polar surface area (TPSA) is 100 Å². The van der Waals surface area contributed by atoms with Crippen molar-refractivity contribution in [1.82, 2.24) is 19.5 Å². The predicted molar refractivity (Wildman–Crippen MR) is 129 cm³/mol. The number of benzene rings is 1. The standard InChI is InChI=1S/C25H23ClN4O5/c26-18-13-19-24(29-25(27-19)35-21-14-34-20-7-11-33-23(20)21)28-22(18)15-1-3-17(4-2-15)32-12-10-30-8-5-16(31)6-9-30/h1-6,8-9,13,20-21,23H,7,10-12,14H2,(H,27,28,29)/t20-,21?,23+/m1/s1. The van der Waals surface area contributed by atoms with Crippen molar-refractivity contribution in [3.05, 3.63) is 70.1 Å². The van der Waals surface area contributed by atoms with Crippen molar-refractivity contribution in [3.8, 4) is 23.0 Å². The average Bonchev–Trinajstić information content (AvgIpc) is 3.57. The van der Waals surface area contributed by atoms with E-state index in [2.05, 4.69) is 15.0 Å². The van der Waals surface area contributed by atoms with E-state index in [4.69, 9.17) is 30.5 Å². The van der Waals surface area contributed by atoms with E-state index in [1.165, 1.54) is 12.1 Å². The number of hydrogen-bond acceptors (Lipinski definition) is 7. The van der Waals surface area contributed by atoms with Gasteiger partial charge in [-0.3, -0.25) is 4.79 Å². The minimum Gasteiger partial charge on any atom is -0.492 e. The summed E-state index contributed by atoms with van der Waals surface area (Å²) in [5.41, 5.74) is 2.67. The van der Waals surface area contributed by atoms with Gasteiger partial charge in [0.25, 0.3) is 6.01 Å². The second-order valence-electron chi connectivity index (χ2n) is 8.53. The van der Waals surface area contributed by atoms with Crippen LogP contribution in [0.25, 0.3) is 22.4 Å². The van der Waals surface area contributed by atoms with Gasteiger partial charge in [-0.2, -0.15) is 4.98 Å². The number of hydrogen-bond donors (Lipinski definition) is 1. The van der Waals surface area contributed by atoms with E-state index in [0.29, 0.717) is 54.3 Å². The van der Waals surface area contributed by atoms with Crippen molar-refractivity contribution >= 4 is 22.8 Å². The summed E-state index contributed by atoms with van der Waals surface area (Å²) in [5.74, 6) is 0.730. The van der Waals surface area contributed by atoms with E-state index < -0.39 is 0 Å². The first-order chi connectivity index (χ1) is 17.1. The third-order valence-electron chi connectivity index (χ3n) is 6.19. The molecule has 9 nitrogen and oxygen atoms in total. The molecule has 4 aromatic rings. The lowest BCUT2D eigenvalue weighted by Gasteiger charge is -2.15. The normalized spacial score (nSPS) is 21.3. The highest BCUT2D eigenvalue weighted by Crippen LogP contribution is 2.32. The molecule has 10 heteroatoms. The molecule has 2 aliphatic rings. The molecule has 0 aliphatic carbocycles. The van der Waals surface area contributed by atoms with Gasteiger partial charge in [0.2, 0.25) is 0 Å². The summed E-state index contributed by atoms with van der Waals surface area (Å²) in [7, 11) is 0. The summed E-state index contributed by atoms with van der Waals surface area (Å²) in [4.78, 5) is 23.5. The number of rotatable bonds is 7. The molecule has 5 heterocycles. The maximum atomic E-state index is 11.2. The van der Waals surface area contributed by atoms with Crippen molar-refractivity contribution in [2.75, 3.05) is 19.8 Å². The first kappa shape index (κ1) is 22.1. The van der Waals surface area contributed by atoms with E-state index in [0.717, 1.165) is 17.7 Å². The van der Waals surface area contributed by atoms with Gasteiger partial charge in [-0.1, -0.05) is 11.6 Å². The number of aromatic nitrogens is 4. The van der Waals surface area contributed by atoms with Gasteiger partial charge >= 0.3 is 0 Å². The van der Waals surface area contributed by atoms with Crippen molar-refractivity contribution < 1.29 is 18.9 Å². The Bertz CT molecular complexity index is 1380. The highest BCUT2D eigenvalue weighted by molar-refractivity contribution is 6.33. The average molecular weight is 495 g/mol. The van der Waals surface area contributed by atoms with Gasteiger partial charge in [0, 0.05) is 36.7 Å². The zero-order valence-corrected chi connectivity index (χ0v) is 19.5. The monoisotopic (exact) mass is 494 g/mol. The minimum absolute atomic E-state index is 0.0120. The summed E-state index contributed by atoms with van der Waals surface area (Å²) < 4.78 is 25.2. The van der Waals surface area contributed by atoms with Gasteiger partial charge in [-0.05, 0) is 36.8 Å². The predicted octanol–water partition coefficient (Wildman–Crippen LogP) is 3.45. The van der Waals surface area contributed by atoms with Gasteiger partial charge in [0.15, 0.2) is 17.2 Å². The third kappa shape index (κ3) is 4.62. The first-order valence-electron chi connectivity index (χ1n) is 11.5. The Morgan fingerprint density at radius 2 is 1.94 bits per heavy atom. The van der Waals surface area contributed by atoms with Gasteiger partial charge in [0.1, 0.15) is 18.5 Å². The number of nitrogens with one attached hydrogen (secondary N) is 1. The lowest BCUT2D eigenvalue weighted by Crippen LogP contribution is -2.32. The number of pyridine rings is 2. The molecule has 0 bridgehead atoms. The second-order valence-corrected chi connectivity index (χ2v) is 8.94. The summed E-state index contributed by atoms with van der Waals surface area (Å²) >= 11 is 6.55. The zero-order valence-electron chi connectivity index (χ0n) is 18.7. The SMILES string of the molecule is O=c1ccn(CCOc2ccc(-c3nc4nc(OC5CO[C@@H]6CCO[C@H]56)[nH]c4cc3Cl)cc2)cc1. The Hall–Kier alpha value is -3.40.